The van der Waals surface area contributed by atoms with Crippen molar-refractivity contribution in [2.75, 3.05) is 7.11 Å². The lowest BCUT2D eigenvalue weighted by Crippen LogP contribution is -2.22. The van der Waals surface area contributed by atoms with E-state index in [2.05, 4.69) is 0 Å². The fourth-order valence-electron chi connectivity index (χ4n) is 1.84. The molecule has 0 atom stereocenters. The molecule has 1 aromatic carbocycles. The van der Waals surface area contributed by atoms with Crippen molar-refractivity contribution in [2.24, 2.45) is 5.92 Å². The first-order valence-corrected chi connectivity index (χ1v) is 6.82. The minimum Gasteiger partial charge on any atom is -0.488 e. The Morgan fingerprint density at radius 3 is 2.10 bits per heavy atom. The molecule has 0 saturated carbocycles. The summed E-state index contributed by atoms with van der Waals surface area (Å²) in [6, 6.07) is 7.79. The summed E-state index contributed by atoms with van der Waals surface area (Å²) in [5, 5.41) is 0. The Labute approximate surface area is 121 Å². The van der Waals surface area contributed by atoms with Crippen LogP contribution in [0.4, 0.5) is 0 Å². The summed E-state index contributed by atoms with van der Waals surface area (Å²) in [6.07, 6.45) is 1.55. The summed E-state index contributed by atoms with van der Waals surface area (Å²) < 4.78 is 10.5. The minimum absolute atomic E-state index is 0.218. The summed E-state index contributed by atoms with van der Waals surface area (Å²) in [7, 11) is 1.39. The maximum Gasteiger partial charge on any atom is 0.330 e. The van der Waals surface area contributed by atoms with Crippen LogP contribution in [0.2, 0.25) is 0 Å². The number of ether oxygens (including phenoxy) is 2. The van der Waals surface area contributed by atoms with E-state index in [4.69, 9.17) is 9.47 Å². The molecule has 0 saturated heterocycles. The van der Waals surface area contributed by atoms with Gasteiger partial charge in [-0.15, -0.1) is 0 Å². The Bertz CT molecular complexity index is 476. The average Bonchev–Trinajstić information content (AvgIpc) is 2.34. The van der Waals surface area contributed by atoms with Gasteiger partial charge in [0, 0.05) is 6.08 Å². The standard InChI is InChI=1S/C17H24O3/c1-12(2)15(11-16(18)19-6)13-7-9-14(10-8-13)20-17(3,4)5/h7-12H,1-6H3. The fourth-order valence-corrected chi connectivity index (χ4v) is 1.84. The van der Waals surface area contributed by atoms with Crippen LogP contribution in [0.5, 0.6) is 5.75 Å². The number of benzene rings is 1. The van der Waals surface area contributed by atoms with Crippen LogP contribution < -0.4 is 4.74 Å². The third-order valence-electron chi connectivity index (χ3n) is 2.71. The van der Waals surface area contributed by atoms with Crippen molar-refractivity contribution in [1.82, 2.24) is 0 Å². The van der Waals surface area contributed by atoms with Gasteiger partial charge in [0.05, 0.1) is 7.11 Å². The molecule has 0 amide bonds. The van der Waals surface area contributed by atoms with Crippen molar-refractivity contribution in [1.29, 1.82) is 0 Å². The molecule has 20 heavy (non-hydrogen) atoms. The molecule has 0 bridgehead atoms. The van der Waals surface area contributed by atoms with Crippen LogP contribution in [0.25, 0.3) is 5.57 Å². The zero-order valence-corrected chi connectivity index (χ0v) is 13.2. The van der Waals surface area contributed by atoms with Gasteiger partial charge in [-0.1, -0.05) is 26.0 Å². The Hall–Kier alpha value is -1.77. The Balaban J connectivity index is 3.00. The Morgan fingerprint density at radius 2 is 1.70 bits per heavy atom. The number of carbonyl (C=O) groups excluding carboxylic acids is 1. The number of carbonyl (C=O) groups is 1. The van der Waals surface area contributed by atoms with E-state index in [-0.39, 0.29) is 17.5 Å². The molecule has 0 N–H and O–H groups in total. The normalized spacial score (nSPS) is 12.4. The molecule has 0 aliphatic carbocycles. The Kier molecular flexibility index (Phi) is 5.37. The van der Waals surface area contributed by atoms with Gasteiger partial charge < -0.3 is 9.47 Å². The predicted octanol–water partition coefficient (Wildman–Crippen LogP) is 4.08. The lowest BCUT2D eigenvalue weighted by molar-refractivity contribution is -0.134. The molecule has 0 spiro atoms. The van der Waals surface area contributed by atoms with Gasteiger partial charge >= 0.3 is 5.97 Å². The molecule has 1 rings (SSSR count). The second-order valence-corrected chi connectivity index (χ2v) is 6.02. The van der Waals surface area contributed by atoms with Crippen LogP contribution in [0.3, 0.4) is 0 Å². The van der Waals surface area contributed by atoms with E-state index >= 15 is 0 Å². The molecule has 0 unspecified atom stereocenters. The van der Waals surface area contributed by atoms with Crippen molar-refractivity contribution in [3.63, 3.8) is 0 Å². The van der Waals surface area contributed by atoms with Gasteiger partial charge in [-0.2, -0.15) is 0 Å². The van der Waals surface area contributed by atoms with E-state index in [0.717, 1.165) is 16.9 Å². The van der Waals surface area contributed by atoms with Gasteiger partial charge in [-0.05, 0) is 50.0 Å². The van der Waals surface area contributed by atoms with E-state index in [1.165, 1.54) is 7.11 Å². The molecular weight excluding hydrogens is 252 g/mol. The number of esters is 1. The molecule has 0 aliphatic heterocycles. The quantitative estimate of drug-likeness (QED) is 0.614. The van der Waals surface area contributed by atoms with Gasteiger partial charge in [0.15, 0.2) is 0 Å². The van der Waals surface area contributed by atoms with Crippen molar-refractivity contribution in [2.45, 2.75) is 40.2 Å². The minimum atomic E-state index is -0.330. The lowest BCUT2D eigenvalue weighted by Gasteiger charge is -2.21. The van der Waals surface area contributed by atoms with Crippen LogP contribution in [-0.2, 0) is 9.53 Å². The predicted molar refractivity (Wildman–Crippen MR) is 81.7 cm³/mol. The number of hydrogen-bond donors (Lipinski definition) is 0. The highest BCUT2D eigenvalue weighted by Crippen LogP contribution is 2.26. The Morgan fingerprint density at radius 1 is 1.15 bits per heavy atom. The summed E-state index contributed by atoms with van der Waals surface area (Å²) in [5.41, 5.74) is 1.75. The number of hydrogen-bond acceptors (Lipinski definition) is 3. The molecule has 110 valence electrons. The first kappa shape index (κ1) is 16.3. The van der Waals surface area contributed by atoms with E-state index in [9.17, 15) is 4.79 Å². The molecule has 3 heteroatoms. The summed E-state index contributed by atoms with van der Waals surface area (Å²) in [6.45, 7) is 10.1. The average molecular weight is 276 g/mol. The van der Waals surface area contributed by atoms with Gasteiger partial charge in [0.1, 0.15) is 11.4 Å². The molecule has 0 radical (unpaired) electrons. The second kappa shape index (κ2) is 6.60. The molecule has 1 aromatic rings. The maximum absolute atomic E-state index is 11.4. The van der Waals surface area contributed by atoms with E-state index in [0.29, 0.717) is 0 Å². The maximum atomic E-state index is 11.4. The van der Waals surface area contributed by atoms with E-state index in [1.807, 2.05) is 58.9 Å². The SMILES string of the molecule is COC(=O)C=C(c1ccc(OC(C)(C)C)cc1)C(C)C. The topological polar surface area (TPSA) is 35.5 Å². The molecule has 0 heterocycles. The zero-order valence-electron chi connectivity index (χ0n) is 13.2. The van der Waals surface area contributed by atoms with Gasteiger partial charge in [-0.3, -0.25) is 0 Å². The molecule has 0 aromatic heterocycles. The molecule has 3 nitrogen and oxygen atoms in total. The zero-order chi connectivity index (χ0) is 15.3. The number of rotatable bonds is 4. The van der Waals surface area contributed by atoms with Crippen molar-refractivity contribution >= 4 is 11.5 Å². The fraction of sp³-hybridized carbons (Fsp3) is 0.471. The highest BCUT2D eigenvalue weighted by Gasteiger charge is 2.13. The molecule has 0 fully saturated rings. The second-order valence-electron chi connectivity index (χ2n) is 6.02. The van der Waals surface area contributed by atoms with Crippen LogP contribution in [0, 0.1) is 5.92 Å². The van der Waals surface area contributed by atoms with Gasteiger partial charge in [-0.25, -0.2) is 4.79 Å². The largest absolute Gasteiger partial charge is 0.488 e. The lowest BCUT2D eigenvalue weighted by atomic mass is 9.95. The van der Waals surface area contributed by atoms with Crippen molar-refractivity contribution in [3.05, 3.63) is 35.9 Å². The molecule has 0 aliphatic rings. The summed E-state index contributed by atoms with van der Waals surface area (Å²) in [5.74, 6) is 0.731. The number of allylic oxidation sites excluding steroid dienone is 1. The van der Waals surface area contributed by atoms with Crippen LogP contribution in [0.15, 0.2) is 30.3 Å². The first-order valence-electron chi connectivity index (χ1n) is 6.82. The van der Waals surface area contributed by atoms with E-state index in [1.54, 1.807) is 6.08 Å². The third-order valence-corrected chi connectivity index (χ3v) is 2.71. The summed E-state index contributed by atoms with van der Waals surface area (Å²) in [4.78, 5) is 11.4. The van der Waals surface area contributed by atoms with Crippen LogP contribution >= 0.6 is 0 Å². The monoisotopic (exact) mass is 276 g/mol. The third kappa shape index (κ3) is 5.08. The van der Waals surface area contributed by atoms with Gasteiger partial charge in [0.25, 0.3) is 0 Å². The first-order chi connectivity index (χ1) is 9.23. The van der Waals surface area contributed by atoms with Crippen molar-refractivity contribution < 1.29 is 14.3 Å². The van der Waals surface area contributed by atoms with Crippen LogP contribution in [-0.4, -0.2) is 18.7 Å². The highest BCUT2D eigenvalue weighted by molar-refractivity contribution is 5.91. The number of methoxy groups -OCH3 is 1. The van der Waals surface area contributed by atoms with E-state index < -0.39 is 0 Å². The molecular formula is C17H24O3. The van der Waals surface area contributed by atoms with Crippen LogP contribution in [0.1, 0.15) is 40.2 Å². The van der Waals surface area contributed by atoms with Crippen molar-refractivity contribution in [3.8, 4) is 5.75 Å². The smallest absolute Gasteiger partial charge is 0.330 e. The highest BCUT2D eigenvalue weighted by atomic mass is 16.5. The summed E-state index contributed by atoms with van der Waals surface area (Å²) >= 11 is 0. The van der Waals surface area contributed by atoms with Gasteiger partial charge in [0.2, 0.25) is 0 Å².